The molecule has 1 fully saturated rings. The Morgan fingerprint density at radius 1 is 1.33 bits per heavy atom. The van der Waals surface area contributed by atoms with Crippen LogP contribution in [0.2, 0.25) is 0 Å². The highest BCUT2D eigenvalue weighted by Crippen LogP contribution is 2.48. The van der Waals surface area contributed by atoms with Crippen LogP contribution in [0.4, 0.5) is 0 Å². The zero-order valence-electron chi connectivity index (χ0n) is 11.2. The quantitative estimate of drug-likeness (QED) is 0.736. The lowest BCUT2D eigenvalue weighted by Gasteiger charge is -2.29. The second kappa shape index (κ2) is 5.85. The van der Waals surface area contributed by atoms with Crippen LogP contribution in [0.25, 0.3) is 0 Å². The van der Waals surface area contributed by atoms with E-state index in [1.807, 2.05) is 19.4 Å². The topological polar surface area (TPSA) is 44.7 Å². The Hall–Kier alpha value is -0.860. The third kappa shape index (κ3) is 3.56. The second-order valence-corrected chi connectivity index (χ2v) is 8.36. The van der Waals surface area contributed by atoms with Crippen LogP contribution in [0, 0.1) is 0 Å². The molecule has 0 aromatic heterocycles. The maximum atomic E-state index is 12.0. The van der Waals surface area contributed by atoms with E-state index in [4.69, 9.17) is 0 Å². The van der Waals surface area contributed by atoms with Crippen LogP contribution in [0.5, 0.6) is 0 Å². The lowest BCUT2D eigenvalue weighted by Crippen LogP contribution is -2.46. The van der Waals surface area contributed by atoms with Gasteiger partial charge in [0.05, 0.1) is 6.54 Å². The first-order chi connectivity index (χ1) is 8.57. The molecule has 100 valence electrons. The van der Waals surface area contributed by atoms with Gasteiger partial charge in [-0.3, -0.25) is 4.99 Å². The average molecular weight is 267 g/mol. The van der Waals surface area contributed by atoms with Crippen molar-refractivity contribution in [2.24, 2.45) is 4.99 Å². The Kier molecular flexibility index (Phi) is 4.41. The molecule has 2 aliphatic rings. The van der Waals surface area contributed by atoms with Crippen LogP contribution >= 0.6 is 7.14 Å². The predicted molar refractivity (Wildman–Crippen MR) is 78.0 cm³/mol. The Balaban J connectivity index is 2.09. The molecule has 0 spiro atoms. The van der Waals surface area contributed by atoms with Crippen molar-refractivity contribution in [1.82, 2.24) is 10.2 Å². The van der Waals surface area contributed by atoms with Crippen LogP contribution in [0.3, 0.4) is 0 Å². The van der Waals surface area contributed by atoms with Crippen LogP contribution in [-0.2, 0) is 4.57 Å². The molecule has 1 saturated heterocycles. The number of hydrogen-bond donors (Lipinski definition) is 1. The maximum Gasteiger partial charge on any atom is 0.123 e. The van der Waals surface area contributed by atoms with Gasteiger partial charge in [0.15, 0.2) is 0 Å². The Bertz CT molecular complexity index is 428. The normalized spacial score (nSPS) is 24.9. The van der Waals surface area contributed by atoms with E-state index < -0.39 is 7.14 Å². The van der Waals surface area contributed by atoms with Gasteiger partial charge in [0.2, 0.25) is 0 Å². The summed E-state index contributed by atoms with van der Waals surface area (Å²) in [5, 5.41) is 4.38. The van der Waals surface area contributed by atoms with Gasteiger partial charge < -0.3 is 14.8 Å². The SMILES string of the molecule is CP(C)(=O)/C1=C/CN=C(N2CCNCC2)C=CC1. The van der Waals surface area contributed by atoms with E-state index >= 15 is 0 Å². The smallest absolute Gasteiger partial charge is 0.123 e. The zero-order chi connectivity index (χ0) is 13.0. The van der Waals surface area contributed by atoms with Crippen LogP contribution in [-0.4, -0.2) is 56.8 Å². The van der Waals surface area contributed by atoms with Crippen molar-refractivity contribution in [3.63, 3.8) is 0 Å². The van der Waals surface area contributed by atoms with Crippen molar-refractivity contribution in [2.75, 3.05) is 46.1 Å². The molecule has 0 amide bonds. The number of rotatable bonds is 1. The van der Waals surface area contributed by atoms with Crippen LogP contribution in [0.1, 0.15) is 6.42 Å². The van der Waals surface area contributed by atoms with E-state index in [0.717, 1.165) is 43.7 Å². The second-order valence-electron chi connectivity index (χ2n) is 5.09. The van der Waals surface area contributed by atoms with Gasteiger partial charge in [0.1, 0.15) is 13.0 Å². The minimum absolute atomic E-state index is 0.643. The number of amidine groups is 1. The zero-order valence-corrected chi connectivity index (χ0v) is 12.1. The predicted octanol–water partition coefficient (Wildman–Crippen LogP) is 1.76. The van der Waals surface area contributed by atoms with Gasteiger partial charge in [0.25, 0.3) is 0 Å². The largest absolute Gasteiger partial charge is 0.354 e. The van der Waals surface area contributed by atoms with Crippen molar-refractivity contribution in [1.29, 1.82) is 0 Å². The molecule has 2 heterocycles. The number of hydrogen-bond acceptors (Lipinski definition) is 4. The first kappa shape index (κ1) is 13.6. The van der Waals surface area contributed by atoms with Gasteiger partial charge >= 0.3 is 0 Å². The van der Waals surface area contributed by atoms with Crippen LogP contribution < -0.4 is 5.32 Å². The van der Waals surface area contributed by atoms with Crippen molar-refractivity contribution in [2.45, 2.75) is 6.42 Å². The maximum absolute atomic E-state index is 12.0. The summed E-state index contributed by atoms with van der Waals surface area (Å²) in [6.45, 7) is 8.37. The molecule has 2 aliphatic heterocycles. The highest BCUT2D eigenvalue weighted by Gasteiger charge is 2.16. The van der Waals surface area contributed by atoms with Crippen molar-refractivity contribution < 1.29 is 4.57 Å². The fourth-order valence-electron chi connectivity index (χ4n) is 2.20. The third-order valence-corrected chi connectivity index (χ3v) is 5.06. The molecule has 0 unspecified atom stereocenters. The molecule has 0 aromatic carbocycles. The van der Waals surface area contributed by atoms with E-state index in [-0.39, 0.29) is 0 Å². The van der Waals surface area contributed by atoms with Gasteiger partial charge in [-0.2, -0.15) is 0 Å². The molecule has 0 aromatic rings. The summed E-state index contributed by atoms with van der Waals surface area (Å²) >= 11 is 0. The fraction of sp³-hybridized carbons (Fsp3) is 0.615. The molecule has 0 bridgehead atoms. The number of piperazine rings is 1. The van der Waals surface area contributed by atoms with Gasteiger partial charge in [0, 0.05) is 26.2 Å². The Morgan fingerprint density at radius 2 is 2.06 bits per heavy atom. The summed E-state index contributed by atoms with van der Waals surface area (Å²) in [5.41, 5.74) is 0. The Morgan fingerprint density at radius 3 is 2.72 bits per heavy atom. The van der Waals surface area contributed by atoms with E-state index in [9.17, 15) is 4.57 Å². The van der Waals surface area contributed by atoms with Crippen molar-refractivity contribution >= 4 is 13.0 Å². The summed E-state index contributed by atoms with van der Waals surface area (Å²) in [6.07, 6.45) is 6.99. The van der Waals surface area contributed by atoms with E-state index in [1.54, 1.807) is 0 Å². The number of aliphatic imine (C=N–C) groups is 1. The lowest BCUT2D eigenvalue weighted by molar-refractivity contribution is 0.358. The average Bonchev–Trinajstić information content (AvgIpc) is 2.28. The minimum atomic E-state index is -2.12. The molecule has 2 rings (SSSR count). The molecule has 18 heavy (non-hydrogen) atoms. The number of nitrogens with zero attached hydrogens (tertiary/aromatic N) is 2. The van der Waals surface area contributed by atoms with Gasteiger partial charge in [-0.05, 0) is 31.1 Å². The molecule has 0 saturated carbocycles. The fourth-order valence-corrected chi connectivity index (χ4v) is 3.27. The summed E-state index contributed by atoms with van der Waals surface area (Å²) in [5.74, 6) is 1.06. The molecule has 0 radical (unpaired) electrons. The van der Waals surface area contributed by atoms with Gasteiger partial charge in [-0.1, -0.05) is 12.2 Å². The number of nitrogens with one attached hydrogen (secondary N) is 1. The molecule has 1 N–H and O–H groups in total. The molecule has 0 aliphatic carbocycles. The van der Waals surface area contributed by atoms with E-state index in [1.165, 1.54) is 0 Å². The molecule has 5 heteroatoms. The van der Waals surface area contributed by atoms with E-state index in [0.29, 0.717) is 6.54 Å². The highest BCUT2D eigenvalue weighted by atomic mass is 31.2. The summed E-state index contributed by atoms with van der Waals surface area (Å²) in [7, 11) is -2.12. The first-order valence-electron chi connectivity index (χ1n) is 6.48. The van der Waals surface area contributed by atoms with Crippen LogP contribution in [0.15, 0.2) is 28.5 Å². The van der Waals surface area contributed by atoms with Crippen molar-refractivity contribution in [3.05, 3.63) is 23.5 Å². The summed E-state index contributed by atoms with van der Waals surface area (Å²) < 4.78 is 12.0. The monoisotopic (exact) mass is 267 g/mol. The molecule has 0 atom stereocenters. The first-order valence-corrected chi connectivity index (χ1v) is 9.09. The number of allylic oxidation sites excluding steroid dienone is 2. The molecule has 4 nitrogen and oxygen atoms in total. The Labute approximate surface area is 109 Å². The molecular formula is C13H22N3OP. The molecular weight excluding hydrogens is 245 g/mol. The highest BCUT2D eigenvalue weighted by molar-refractivity contribution is 7.66. The van der Waals surface area contributed by atoms with Gasteiger partial charge in [-0.25, -0.2) is 0 Å². The van der Waals surface area contributed by atoms with Crippen molar-refractivity contribution in [3.8, 4) is 0 Å². The minimum Gasteiger partial charge on any atom is -0.354 e. The lowest BCUT2D eigenvalue weighted by atomic mass is 10.2. The summed E-state index contributed by atoms with van der Waals surface area (Å²) in [4.78, 5) is 6.91. The van der Waals surface area contributed by atoms with Gasteiger partial charge in [-0.15, -0.1) is 0 Å². The summed E-state index contributed by atoms with van der Waals surface area (Å²) in [6, 6.07) is 0. The standard InChI is InChI=1S/C13H22N3OP/c1-18(2,17)12-4-3-5-13(15-7-6-12)16-10-8-14-9-11-16/h3,5-6,14H,4,7-11H2,1-2H3/b5-3?,12-6+,15-13?. The third-order valence-electron chi connectivity index (χ3n) is 3.31. The van der Waals surface area contributed by atoms with E-state index in [2.05, 4.69) is 27.4 Å².